The maximum absolute atomic E-state index is 13.3. The number of benzene rings is 2. The Bertz CT molecular complexity index is 1280. The molecule has 0 saturated carbocycles. The number of anilines is 1. The minimum absolute atomic E-state index is 0.0741. The Hall–Kier alpha value is -2.90. The van der Waals surface area contributed by atoms with Crippen molar-refractivity contribution in [2.75, 3.05) is 4.90 Å². The Morgan fingerprint density at radius 1 is 0.906 bits per heavy atom. The number of nitrogens with zero attached hydrogens (tertiary/aromatic N) is 3. The van der Waals surface area contributed by atoms with E-state index in [1.54, 1.807) is 12.1 Å². The lowest BCUT2D eigenvalue weighted by Crippen LogP contribution is -2.30. The van der Waals surface area contributed by atoms with Gasteiger partial charge in [0.05, 0.1) is 22.5 Å². The molecule has 3 aromatic rings. The van der Waals surface area contributed by atoms with Gasteiger partial charge in [-0.15, -0.1) is 0 Å². The van der Waals surface area contributed by atoms with Gasteiger partial charge in [-0.25, -0.2) is 9.58 Å². The molecule has 1 aliphatic heterocycles. The maximum Gasteiger partial charge on any atom is 0.435 e. The van der Waals surface area contributed by atoms with Crippen LogP contribution in [0.4, 0.5) is 32.0 Å². The third-order valence-electron chi connectivity index (χ3n) is 4.82. The van der Waals surface area contributed by atoms with Crippen molar-refractivity contribution in [2.24, 2.45) is 0 Å². The molecule has 2 heterocycles. The molecule has 0 radical (unpaired) electrons. The van der Waals surface area contributed by atoms with E-state index in [1.165, 1.54) is 19.1 Å². The maximum atomic E-state index is 13.3. The molecule has 2 aromatic carbocycles. The van der Waals surface area contributed by atoms with Crippen molar-refractivity contribution >= 4 is 40.1 Å². The highest BCUT2D eigenvalue weighted by Crippen LogP contribution is 2.38. The summed E-state index contributed by atoms with van der Waals surface area (Å²) < 4.78 is 79.5. The molecule has 12 heteroatoms. The van der Waals surface area contributed by atoms with Crippen molar-refractivity contribution in [3.05, 3.63) is 74.1 Å². The number of rotatable bonds is 2. The Labute approximate surface area is 189 Å². The lowest BCUT2D eigenvalue weighted by atomic mass is 10.1. The summed E-state index contributed by atoms with van der Waals surface area (Å²) in [6, 6.07) is 8.08. The summed E-state index contributed by atoms with van der Waals surface area (Å²) in [5.74, 6) is -1.20. The second-order valence-corrected chi connectivity index (χ2v) is 8.06. The van der Waals surface area contributed by atoms with Crippen molar-refractivity contribution in [1.29, 1.82) is 0 Å². The van der Waals surface area contributed by atoms with Crippen LogP contribution in [-0.4, -0.2) is 21.6 Å². The number of hydrogen-bond donors (Lipinski definition) is 0. The van der Waals surface area contributed by atoms with Crippen molar-refractivity contribution in [3.8, 4) is 5.69 Å². The summed E-state index contributed by atoms with van der Waals surface area (Å²) in [4.78, 5) is 26.5. The van der Waals surface area contributed by atoms with Crippen LogP contribution in [-0.2, 0) is 12.4 Å². The van der Waals surface area contributed by atoms with Gasteiger partial charge in [-0.3, -0.25) is 9.59 Å². The second-order valence-electron chi connectivity index (χ2n) is 6.90. The fourth-order valence-electron chi connectivity index (χ4n) is 3.40. The smallest absolute Gasteiger partial charge is 0.268 e. The van der Waals surface area contributed by atoms with Crippen LogP contribution in [0.2, 0.25) is 0 Å². The summed E-state index contributed by atoms with van der Waals surface area (Å²) in [5, 5.41) is 3.08. The molecule has 0 saturated heterocycles. The fourth-order valence-corrected chi connectivity index (χ4v) is 4.13. The molecule has 1 aliphatic rings. The van der Waals surface area contributed by atoms with Gasteiger partial charge in [-0.2, -0.15) is 31.4 Å². The summed E-state index contributed by atoms with van der Waals surface area (Å²) in [7, 11) is 0. The molecule has 0 bridgehead atoms. The molecule has 1 aromatic heterocycles. The molecule has 0 unspecified atom stereocenters. The molecule has 2 amide bonds. The summed E-state index contributed by atoms with van der Waals surface area (Å²) in [5.41, 5.74) is -2.90. The molecule has 5 nitrogen and oxygen atoms in total. The fraction of sp³-hybridized carbons (Fsp3) is 0.150. The van der Waals surface area contributed by atoms with Crippen LogP contribution in [0, 0.1) is 10.5 Å². The first-order valence-electron chi connectivity index (χ1n) is 8.83. The molecule has 166 valence electrons. The van der Waals surface area contributed by atoms with Crippen LogP contribution in [0.15, 0.2) is 42.5 Å². The third-order valence-corrected chi connectivity index (χ3v) is 5.72. The first kappa shape index (κ1) is 22.3. The van der Waals surface area contributed by atoms with Gasteiger partial charge in [0.1, 0.15) is 5.69 Å². The van der Waals surface area contributed by atoms with Gasteiger partial charge >= 0.3 is 12.4 Å². The highest BCUT2D eigenvalue weighted by molar-refractivity contribution is 14.1. The molecule has 0 aliphatic carbocycles. The zero-order chi connectivity index (χ0) is 23.6. The van der Waals surface area contributed by atoms with Crippen molar-refractivity contribution in [2.45, 2.75) is 19.3 Å². The molecular formula is C20H10F6IN3O2. The van der Waals surface area contributed by atoms with Crippen LogP contribution in [0.25, 0.3) is 5.69 Å². The number of carbonyl (C=O) groups excluding carboxylic acids is 2. The summed E-state index contributed by atoms with van der Waals surface area (Å²) in [6.07, 6.45) is -10.2. The molecule has 4 rings (SSSR count). The quantitative estimate of drug-likeness (QED) is 0.230. The van der Waals surface area contributed by atoms with Crippen LogP contribution in [0.3, 0.4) is 0 Å². The molecule has 0 N–H and O–H groups in total. The zero-order valence-corrected chi connectivity index (χ0v) is 18.0. The SMILES string of the molecule is Cc1cc(-n2nc(C(F)(F)F)cc2C(F)(F)F)ccc1N1C(=O)c2cccc(I)c2C1=O. The van der Waals surface area contributed by atoms with Gasteiger partial charge in [0.2, 0.25) is 0 Å². The van der Waals surface area contributed by atoms with E-state index >= 15 is 0 Å². The number of carbonyl (C=O) groups is 2. The van der Waals surface area contributed by atoms with E-state index in [0.29, 0.717) is 3.57 Å². The standard InChI is InChI=1S/C20H10F6IN3O2/c1-9-7-10(30-15(20(24,25)26)8-14(28-30)19(21,22)23)5-6-13(9)29-17(31)11-3-2-4-12(27)16(11)18(29)32/h2-8H,1H3. The minimum atomic E-state index is -5.09. The zero-order valence-electron chi connectivity index (χ0n) is 15.8. The first-order chi connectivity index (χ1) is 14.8. The van der Waals surface area contributed by atoms with Crippen LogP contribution >= 0.6 is 22.6 Å². The number of alkyl halides is 6. The van der Waals surface area contributed by atoms with Gasteiger partial charge in [0, 0.05) is 9.64 Å². The number of fused-ring (bicyclic) bond motifs is 1. The average Bonchev–Trinajstić information content (AvgIpc) is 3.24. The van der Waals surface area contributed by atoms with E-state index in [-0.39, 0.29) is 38.8 Å². The minimum Gasteiger partial charge on any atom is -0.268 e. The molecule has 0 spiro atoms. The lowest BCUT2D eigenvalue weighted by Gasteiger charge is -2.18. The van der Waals surface area contributed by atoms with E-state index in [0.717, 1.165) is 17.0 Å². The van der Waals surface area contributed by atoms with Crippen molar-refractivity contribution < 1.29 is 35.9 Å². The first-order valence-corrected chi connectivity index (χ1v) is 9.91. The van der Waals surface area contributed by atoms with E-state index in [1.807, 2.05) is 22.6 Å². The molecule has 32 heavy (non-hydrogen) atoms. The van der Waals surface area contributed by atoms with Crippen LogP contribution in [0.5, 0.6) is 0 Å². The van der Waals surface area contributed by atoms with Gasteiger partial charge in [0.25, 0.3) is 11.8 Å². The van der Waals surface area contributed by atoms with Gasteiger partial charge < -0.3 is 0 Å². The number of hydrogen-bond acceptors (Lipinski definition) is 3. The summed E-state index contributed by atoms with van der Waals surface area (Å²) in [6.45, 7) is 1.43. The van der Waals surface area contributed by atoms with Gasteiger partial charge in [-0.1, -0.05) is 6.07 Å². The Kier molecular flexibility index (Phi) is 5.10. The van der Waals surface area contributed by atoms with Crippen molar-refractivity contribution in [1.82, 2.24) is 9.78 Å². The number of imide groups is 1. The van der Waals surface area contributed by atoms with Gasteiger partial charge in [-0.05, 0) is 65.4 Å². The predicted molar refractivity (Wildman–Crippen MR) is 109 cm³/mol. The third kappa shape index (κ3) is 3.55. The monoisotopic (exact) mass is 565 g/mol. The van der Waals surface area contributed by atoms with E-state index in [2.05, 4.69) is 5.10 Å². The predicted octanol–water partition coefficient (Wildman–Crippen LogP) is 5.62. The summed E-state index contributed by atoms with van der Waals surface area (Å²) >= 11 is 1.91. The van der Waals surface area contributed by atoms with E-state index in [9.17, 15) is 35.9 Å². The Balaban J connectivity index is 1.80. The second kappa shape index (κ2) is 7.32. The number of aromatic nitrogens is 2. The van der Waals surface area contributed by atoms with Crippen LogP contribution < -0.4 is 4.90 Å². The Morgan fingerprint density at radius 2 is 1.59 bits per heavy atom. The topological polar surface area (TPSA) is 55.2 Å². The van der Waals surface area contributed by atoms with E-state index < -0.39 is 35.6 Å². The largest absolute Gasteiger partial charge is 0.435 e. The highest BCUT2D eigenvalue weighted by Gasteiger charge is 2.43. The van der Waals surface area contributed by atoms with Crippen molar-refractivity contribution in [3.63, 3.8) is 0 Å². The molecule has 0 atom stereocenters. The average molecular weight is 565 g/mol. The van der Waals surface area contributed by atoms with Crippen LogP contribution in [0.1, 0.15) is 37.7 Å². The van der Waals surface area contributed by atoms with E-state index in [4.69, 9.17) is 0 Å². The number of halogens is 7. The number of aryl methyl sites for hydroxylation is 1. The number of amides is 2. The van der Waals surface area contributed by atoms with Gasteiger partial charge in [0.15, 0.2) is 5.69 Å². The highest BCUT2D eigenvalue weighted by atomic mass is 127. The lowest BCUT2D eigenvalue weighted by molar-refractivity contribution is -0.143. The molecule has 0 fully saturated rings. The molecular weight excluding hydrogens is 555 g/mol. The Morgan fingerprint density at radius 3 is 2.16 bits per heavy atom. The normalized spacial score (nSPS) is 14.3.